The van der Waals surface area contributed by atoms with E-state index in [0.29, 0.717) is 45.3 Å². The summed E-state index contributed by atoms with van der Waals surface area (Å²) in [6, 6.07) is 14.5. The first-order chi connectivity index (χ1) is 16.8. The van der Waals surface area contributed by atoms with Gasteiger partial charge in [-0.25, -0.2) is 15.5 Å². The van der Waals surface area contributed by atoms with Crippen LogP contribution < -0.4 is 10.2 Å². The third kappa shape index (κ3) is 3.88. The molecule has 12 heteroatoms. The normalized spacial score (nSPS) is 18.9. The number of nitrogens with one attached hydrogen (secondary N) is 2. The zero-order valence-electron chi connectivity index (χ0n) is 18.7. The van der Waals surface area contributed by atoms with Crippen LogP contribution in [-0.2, 0) is 10.1 Å². The highest BCUT2D eigenvalue weighted by Crippen LogP contribution is 2.54. The largest absolute Gasteiger partial charge is 0.313 e. The fraction of sp³-hybridized carbons (Fsp3) is 0.217. The summed E-state index contributed by atoms with van der Waals surface area (Å²) >= 11 is 7.79. The smallest absolute Gasteiger partial charge is 0.295 e. The van der Waals surface area contributed by atoms with Crippen LogP contribution in [0.5, 0.6) is 0 Å². The molecule has 1 aliphatic carbocycles. The number of amidine groups is 1. The Morgan fingerprint density at radius 3 is 2.60 bits per heavy atom. The molecule has 0 saturated heterocycles. The van der Waals surface area contributed by atoms with Crippen molar-refractivity contribution in [3.8, 4) is 0 Å². The Balaban J connectivity index is 1.63. The fourth-order valence-corrected chi connectivity index (χ4v) is 6.12. The summed E-state index contributed by atoms with van der Waals surface area (Å²) in [7, 11) is -4.45. The molecule has 3 N–H and O–H groups in total. The molecular formula is C23H21ClN6O3S2. The van der Waals surface area contributed by atoms with Gasteiger partial charge >= 0.3 is 0 Å². The highest BCUT2D eigenvalue weighted by Gasteiger charge is 2.40. The van der Waals surface area contributed by atoms with Crippen molar-refractivity contribution >= 4 is 67.4 Å². The van der Waals surface area contributed by atoms with E-state index in [1.54, 1.807) is 12.1 Å². The highest BCUT2D eigenvalue weighted by atomic mass is 35.5. The van der Waals surface area contributed by atoms with Crippen LogP contribution >= 0.6 is 23.4 Å². The van der Waals surface area contributed by atoms with Gasteiger partial charge in [0, 0.05) is 28.1 Å². The number of guanidine groups is 1. The number of aliphatic imine (C=N–C) groups is 2. The minimum atomic E-state index is -4.45. The van der Waals surface area contributed by atoms with Crippen molar-refractivity contribution in [3.63, 3.8) is 0 Å². The molecule has 2 aliphatic rings. The maximum atomic E-state index is 12.1. The minimum Gasteiger partial charge on any atom is -0.313 e. The van der Waals surface area contributed by atoms with E-state index >= 15 is 0 Å². The van der Waals surface area contributed by atoms with Crippen LogP contribution in [0.25, 0.3) is 10.8 Å². The van der Waals surface area contributed by atoms with Gasteiger partial charge in [0.25, 0.3) is 10.1 Å². The molecule has 3 aromatic carbocycles. The SMILES string of the molecule is CCN(C1=NC(Cl)N=C(C2c3ccc(S(=O)(=O)O)c4cc(SC)c(N=N)c2c34)N1)c1ccccc1. The van der Waals surface area contributed by atoms with Gasteiger partial charge in [-0.1, -0.05) is 35.9 Å². The first-order valence-electron chi connectivity index (χ1n) is 10.7. The predicted molar refractivity (Wildman–Crippen MR) is 139 cm³/mol. The van der Waals surface area contributed by atoms with Gasteiger partial charge in [0.2, 0.25) is 11.6 Å². The van der Waals surface area contributed by atoms with Gasteiger partial charge in [-0.3, -0.25) is 4.55 Å². The third-order valence-corrected chi connectivity index (χ3v) is 7.97. The van der Waals surface area contributed by atoms with Crippen LogP contribution in [0.4, 0.5) is 11.4 Å². The lowest BCUT2D eigenvalue weighted by Crippen LogP contribution is -2.49. The van der Waals surface area contributed by atoms with Gasteiger partial charge in [-0.15, -0.1) is 11.8 Å². The Hall–Kier alpha value is -2.99. The number of para-hydroxylation sites is 1. The van der Waals surface area contributed by atoms with E-state index in [1.165, 1.54) is 17.8 Å². The van der Waals surface area contributed by atoms with E-state index in [0.717, 1.165) is 11.3 Å². The molecule has 0 bridgehead atoms. The van der Waals surface area contributed by atoms with E-state index in [9.17, 15) is 13.0 Å². The summed E-state index contributed by atoms with van der Waals surface area (Å²) in [5.74, 6) is 0.648. The van der Waals surface area contributed by atoms with Crippen LogP contribution in [0.3, 0.4) is 0 Å². The molecule has 5 rings (SSSR count). The van der Waals surface area contributed by atoms with Crippen LogP contribution in [0.1, 0.15) is 24.0 Å². The Bertz CT molecular complexity index is 1530. The monoisotopic (exact) mass is 528 g/mol. The molecule has 0 radical (unpaired) electrons. The molecule has 2 atom stereocenters. The number of halogens is 1. The molecule has 0 saturated carbocycles. The van der Waals surface area contributed by atoms with Gasteiger partial charge < -0.3 is 10.2 Å². The molecule has 0 spiro atoms. The molecule has 35 heavy (non-hydrogen) atoms. The Morgan fingerprint density at radius 2 is 1.97 bits per heavy atom. The molecular weight excluding hydrogens is 508 g/mol. The Morgan fingerprint density at radius 1 is 1.23 bits per heavy atom. The van der Waals surface area contributed by atoms with Gasteiger partial charge in [-0.2, -0.15) is 13.5 Å². The average Bonchev–Trinajstić information content (AvgIpc) is 2.82. The maximum Gasteiger partial charge on any atom is 0.295 e. The number of alkyl halides is 1. The summed E-state index contributed by atoms with van der Waals surface area (Å²) in [5, 5.41) is 8.12. The standard InChI is InChI=1S/C23H21ClN6O3S2/c1-3-30(12-7-5-4-6-8-12)23-27-21(26-22(24)28-23)18-13-9-10-16(35(31,32)33)14-11-15(34-2)20(29-25)19(18)17(13)14/h4-11,18,22,25H,3H2,1-2H3,(H,26,27,28)(H,31,32,33). The topological polar surface area (TPSA) is 131 Å². The van der Waals surface area contributed by atoms with E-state index in [1.807, 2.05) is 48.4 Å². The molecule has 0 aromatic heterocycles. The van der Waals surface area contributed by atoms with Crippen LogP contribution in [0, 0.1) is 5.53 Å². The molecule has 3 aromatic rings. The Labute approximate surface area is 211 Å². The van der Waals surface area contributed by atoms with Crippen LogP contribution in [0.2, 0.25) is 0 Å². The minimum absolute atomic E-state index is 0.181. The number of rotatable bonds is 6. The summed E-state index contributed by atoms with van der Waals surface area (Å²) in [4.78, 5) is 11.4. The van der Waals surface area contributed by atoms with Crippen molar-refractivity contribution in [1.82, 2.24) is 5.32 Å². The molecule has 2 unspecified atom stereocenters. The average molecular weight is 529 g/mol. The maximum absolute atomic E-state index is 12.1. The summed E-state index contributed by atoms with van der Waals surface area (Å²) in [6.07, 6.45) is 1.82. The van der Waals surface area contributed by atoms with Crippen molar-refractivity contribution in [2.24, 2.45) is 15.1 Å². The zero-order chi connectivity index (χ0) is 24.9. The van der Waals surface area contributed by atoms with Crippen molar-refractivity contribution in [2.45, 2.75) is 28.3 Å². The lowest BCUT2D eigenvalue weighted by Gasteiger charge is -2.37. The van der Waals surface area contributed by atoms with E-state index in [4.69, 9.17) is 17.1 Å². The lowest BCUT2D eigenvalue weighted by atomic mass is 9.73. The number of anilines is 1. The predicted octanol–water partition coefficient (Wildman–Crippen LogP) is 5.32. The quantitative estimate of drug-likeness (QED) is 0.130. The van der Waals surface area contributed by atoms with E-state index in [-0.39, 0.29) is 4.90 Å². The van der Waals surface area contributed by atoms with E-state index in [2.05, 4.69) is 20.4 Å². The lowest BCUT2D eigenvalue weighted by molar-refractivity contribution is 0.484. The molecule has 0 amide bonds. The summed E-state index contributed by atoms with van der Waals surface area (Å²) < 4.78 is 33.9. The number of benzene rings is 3. The molecule has 180 valence electrons. The van der Waals surface area contributed by atoms with Crippen molar-refractivity contribution < 1.29 is 13.0 Å². The molecule has 0 fully saturated rings. The second-order valence-electron chi connectivity index (χ2n) is 7.92. The molecule has 1 heterocycles. The number of nitrogens with zero attached hydrogens (tertiary/aromatic N) is 4. The number of thioether (sulfide) groups is 1. The second kappa shape index (κ2) is 8.90. The van der Waals surface area contributed by atoms with Gasteiger partial charge in [0.05, 0.1) is 5.92 Å². The zero-order valence-corrected chi connectivity index (χ0v) is 21.1. The third-order valence-electron chi connectivity index (χ3n) is 6.11. The van der Waals surface area contributed by atoms with E-state index < -0.39 is 21.7 Å². The van der Waals surface area contributed by atoms with Crippen LogP contribution in [0.15, 0.2) is 73.4 Å². The fourth-order valence-electron chi connectivity index (χ4n) is 4.66. The van der Waals surface area contributed by atoms with Gasteiger partial charge in [0.1, 0.15) is 16.4 Å². The molecule has 1 aliphatic heterocycles. The number of hydrogen-bond donors (Lipinski definition) is 3. The first-order valence-corrected chi connectivity index (χ1v) is 13.8. The first kappa shape index (κ1) is 23.7. The van der Waals surface area contributed by atoms with Crippen molar-refractivity contribution in [2.75, 3.05) is 17.7 Å². The highest BCUT2D eigenvalue weighted by molar-refractivity contribution is 7.98. The summed E-state index contributed by atoms with van der Waals surface area (Å²) in [5.41, 5.74) is 9.81. The van der Waals surface area contributed by atoms with Gasteiger partial charge in [0.15, 0.2) is 0 Å². The number of hydrogen-bond acceptors (Lipinski definition) is 9. The second-order valence-corrected chi connectivity index (χ2v) is 10.5. The molecule has 9 nitrogen and oxygen atoms in total. The van der Waals surface area contributed by atoms with Crippen molar-refractivity contribution in [1.29, 1.82) is 5.53 Å². The van der Waals surface area contributed by atoms with Crippen LogP contribution in [-0.4, -0.2) is 43.2 Å². The Kier molecular flexibility index (Phi) is 6.04. The summed E-state index contributed by atoms with van der Waals surface area (Å²) in [6.45, 7) is 2.63. The van der Waals surface area contributed by atoms with Gasteiger partial charge in [-0.05, 0) is 48.4 Å². The van der Waals surface area contributed by atoms with Crippen molar-refractivity contribution in [3.05, 3.63) is 59.7 Å².